The Morgan fingerprint density at radius 3 is 2.80 bits per heavy atom. The van der Waals surface area contributed by atoms with E-state index in [4.69, 9.17) is 5.73 Å². The number of phenols is 1. The van der Waals surface area contributed by atoms with Gasteiger partial charge in [-0.05, 0) is 18.2 Å². The summed E-state index contributed by atoms with van der Waals surface area (Å²) < 4.78 is 1.84. The predicted octanol–water partition coefficient (Wildman–Crippen LogP) is 0.876. The summed E-state index contributed by atoms with van der Waals surface area (Å²) in [4.78, 5) is 0. The predicted molar refractivity (Wildman–Crippen MR) is 58.6 cm³/mol. The number of aromatic nitrogens is 1. The molecule has 0 fully saturated rings. The van der Waals surface area contributed by atoms with Crippen LogP contribution in [0.3, 0.4) is 0 Å². The van der Waals surface area contributed by atoms with Crippen LogP contribution in [0.1, 0.15) is 11.8 Å². The fourth-order valence-corrected chi connectivity index (χ4v) is 1.81. The van der Waals surface area contributed by atoms with Crippen molar-refractivity contribution >= 4 is 10.9 Å². The molecule has 2 aromatic rings. The van der Waals surface area contributed by atoms with Crippen molar-refractivity contribution in [3.8, 4) is 5.75 Å². The number of hydrogen-bond acceptors (Lipinski definition) is 3. The minimum Gasteiger partial charge on any atom is -0.507 e. The molecule has 1 heterocycles. The van der Waals surface area contributed by atoms with Crippen LogP contribution in [0.5, 0.6) is 5.75 Å². The van der Waals surface area contributed by atoms with Crippen LogP contribution in [-0.4, -0.2) is 21.3 Å². The molecule has 80 valence electrons. The molecular weight excluding hydrogens is 192 g/mol. The first kappa shape index (κ1) is 10.0. The molecule has 0 amide bonds. The van der Waals surface area contributed by atoms with Gasteiger partial charge >= 0.3 is 0 Å². The first-order valence-electron chi connectivity index (χ1n) is 4.80. The van der Waals surface area contributed by atoms with Crippen LogP contribution < -0.4 is 5.73 Å². The third kappa shape index (κ3) is 1.48. The number of hydrogen-bond donors (Lipinski definition) is 3. The minimum absolute atomic E-state index is 0.172. The number of phenolic OH excluding ortho intramolecular Hbond substituents is 1. The third-order valence-corrected chi connectivity index (χ3v) is 2.67. The molecule has 4 nitrogen and oxygen atoms in total. The Hall–Kier alpha value is -1.52. The maximum atomic E-state index is 9.67. The number of rotatable bonds is 2. The molecular formula is C11H14N2O2. The lowest BCUT2D eigenvalue weighted by molar-refractivity contribution is 0.179. The normalized spacial score (nSPS) is 13.3. The standard InChI is InChI=1S/C11H14N2O2/c1-13-8-3-2-4-10(14)7(8)5-9(13)11(15)6-12/h2-5,11,14-15H,6,12H2,1H3. The van der Waals surface area contributed by atoms with Gasteiger partial charge in [-0.15, -0.1) is 0 Å². The van der Waals surface area contributed by atoms with Crippen molar-refractivity contribution in [2.75, 3.05) is 6.54 Å². The summed E-state index contributed by atoms with van der Waals surface area (Å²) in [5.41, 5.74) is 7.01. The van der Waals surface area contributed by atoms with Crippen LogP contribution in [0.15, 0.2) is 24.3 Å². The van der Waals surface area contributed by atoms with Crippen LogP contribution >= 0.6 is 0 Å². The highest BCUT2D eigenvalue weighted by Gasteiger charge is 2.13. The van der Waals surface area contributed by atoms with E-state index in [0.717, 1.165) is 10.9 Å². The molecule has 0 aliphatic rings. The van der Waals surface area contributed by atoms with E-state index in [1.54, 1.807) is 18.2 Å². The highest BCUT2D eigenvalue weighted by Crippen LogP contribution is 2.29. The van der Waals surface area contributed by atoms with Crippen LogP contribution in [0, 0.1) is 0 Å². The van der Waals surface area contributed by atoms with Gasteiger partial charge in [0.2, 0.25) is 0 Å². The average Bonchev–Trinajstić information content (AvgIpc) is 2.57. The maximum absolute atomic E-state index is 9.67. The number of fused-ring (bicyclic) bond motifs is 1. The van der Waals surface area contributed by atoms with E-state index in [1.165, 1.54) is 0 Å². The fraction of sp³-hybridized carbons (Fsp3) is 0.273. The van der Waals surface area contributed by atoms with Gasteiger partial charge < -0.3 is 20.5 Å². The van der Waals surface area contributed by atoms with E-state index in [2.05, 4.69) is 0 Å². The molecule has 0 radical (unpaired) electrons. The highest BCUT2D eigenvalue weighted by molar-refractivity contribution is 5.87. The Morgan fingerprint density at radius 2 is 2.20 bits per heavy atom. The lowest BCUT2D eigenvalue weighted by Gasteiger charge is -2.08. The Kier molecular flexibility index (Phi) is 2.38. The number of nitrogens with two attached hydrogens (primary N) is 1. The van der Waals surface area contributed by atoms with Crippen molar-refractivity contribution in [2.45, 2.75) is 6.10 Å². The van der Waals surface area contributed by atoms with Crippen LogP contribution in [0.2, 0.25) is 0 Å². The van der Waals surface area contributed by atoms with E-state index in [-0.39, 0.29) is 12.3 Å². The van der Waals surface area contributed by atoms with E-state index in [9.17, 15) is 10.2 Å². The SMILES string of the molecule is Cn1c(C(O)CN)cc2c(O)cccc21. The number of benzene rings is 1. The largest absolute Gasteiger partial charge is 0.507 e. The van der Waals surface area contributed by atoms with Gasteiger partial charge in [-0.1, -0.05) is 6.07 Å². The molecule has 0 saturated heterocycles. The van der Waals surface area contributed by atoms with Gasteiger partial charge in [0.25, 0.3) is 0 Å². The molecule has 1 aromatic heterocycles. The van der Waals surface area contributed by atoms with Gasteiger partial charge in [0.15, 0.2) is 0 Å². The first-order valence-corrected chi connectivity index (χ1v) is 4.80. The smallest absolute Gasteiger partial charge is 0.124 e. The summed E-state index contributed by atoms with van der Waals surface area (Å²) in [6.45, 7) is 0.172. The van der Waals surface area contributed by atoms with E-state index >= 15 is 0 Å². The lowest BCUT2D eigenvalue weighted by atomic mass is 10.2. The number of aryl methyl sites for hydroxylation is 1. The highest BCUT2D eigenvalue weighted by atomic mass is 16.3. The summed E-state index contributed by atoms with van der Waals surface area (Å²) in [5, 5.41) is 20.1. The molecule has 0 spiro atoms. The molecule has 4 heteroatoms. The molecule has 0 saturated carbocycles. The number of aliphatic hydroxyl groups excluding tert-OH is 1. The Bertz CT molecular complexity index is 491. The zero-order chi connectivity index (χ0) is 11.0. The Balaban J connectivity index is 2.69. The van der Waals surface area contributed by atoms with E-state index in [0.29, 0.717) is 5.69 Å². The van der Waals surface area contributed by atoms with Crippen molar-refractivity contribution in [3.63, 3.8) is 0 Å². The van der Waals surface area contributed by atoms with Gasteiger partial charge in [0, 0.05) is 24.7 Å². The molecule has 0 bridgehead atoms. The van der Waals surface area contributed by atoms with Gasteiger partial charge in [0.1, 0.15) is 11.9 Å². The quantitative estimate of drug-likeness (QED) is 0.683. The summed E-state index contributed by atoms with van der Waals surface area (Å²) in [6.07, 6.45) is -0.693. The monoisotopic (exact) mass is 206 g/mol. The van der Waals surface area contributed by atoms with Crippen molar-refractivity contribution in [2.24, 2.45) is 12.8 Å². The zero-order valence-corrected chi connectivity index (χ0v) is 8.51. The molecule has 0 aliphatic heterocycles. The van der Waals surface area contributed by atoms with Gasteiger partial charge in [-0.25, -0.2) is 0 Å². The van der Waals surface area contributed by atoms with Crippen molar-refractivity contribution in [3.05, 3.63) is 30.0 Å². The number of aliphatic hydroxyl groups is 1. The Morgan fingerprint density at radius 1 is 1.47 bits per heavy atom. The Labute approximate surface area is 87.6 Å². The number of aromatic hydroxyl groups is 1. The van der Waals surface area contributed by atoms with Crippen molar-refractivity contribution < 1.29 is 10.2 Å². The first-order chi connectivity index (χ1) is 7.15. The van der Waals surface area contributed by atoms with Crippen LogP contribution in [-0.2, 0) is 7.05 Å². The second-order valence-corrected chi connectivity index (χ2v) is 3.59. The average molecular weight is 206 g/mol. The van der Waals surface area contributed by atoms with Gasteiger partial charge in [-0.3, -0.25) is 0 Å². The topological polar surface area (TPSA) is 71.4 Å². The molecule has 1 unspecified atom stereocenters. The molecule has 0 aliphatic carbocycles. The molecule has 1 atom stereocenters. The van der Waals surface area contributed by atoms with Gasteiger partial charge in [-0.2, -0.15) is 0 Å². The van der Waals surface area contributed by atoms with E-state index < -0.39 is 6.10 Å². The molecule has 1 aromatic carbocycles. The summed E-state index contributed by atoms with van der Waals surface area (Å²) in [5.74, 6) is 0.221. The molecule has 4 N–H and O–H groups in total. The van der Waals surface area contributed by atoms with E-state index in [1.807, 2.05) is 17.7 Å². The van der Waals surface area contributed by atoms with Crippen LogP contribution in [0.25, 0.3) is 10.9 Å². The van der Waals surface area contributed by atoms with Crippen molar-refractivity contribution in [1.29, 1.82) is 0 Å². The third-order valence-electron chi connectivity index (χ3n) is 2.67. The lowest BCUT2D eigenvalue weighted by Crippen LogP contribution is -2.14. The minimum atomic E-state index is -0.693. The second kappa shape index (κ2) is 3.56. The van der Waals surface area contributed by atoms with Crippen LogP contribution in [0.4, 0.5) is 0 Å². The summed E-state index contributed by atoms with van der Waals surface area (Å²) in [6, 6.07) is 7.06. The van der Waals surface area contributed by atoms with Crippen molar-refractivity contribution in [1.82, 2.24) is 4.57 Å². The zero-order valence-electron chi connectivity index (χ0n) is 8.51. The molecule has 15 heavy (non-hydrogen) atoms. The van der Waals surface area contributed by atoms with Gasteiger partial charge in [0.05, 0.1) is 5.52 Å². The summed E-state index contributed by atoms with van der Waals surface area (Å²) >= 11 is 0. The fourth-order valence-electron chi connectivity index (χ4n) is 1.81. The maximum Gasteiger partial charge on any atom is 0.124 e. The number of nitrogens with zero attached hydrogens (tertiary/aromatic N) is 1. The second-order valence-electron chi connectivity index (χ2n) is 3.59. The molecule has 2 rings (SSSR count). The summed E-state index contributed by atoms with van der Waals surface area (Å²) in [7, 11) is 1.84.